The first-order valence-corrected chi connectivity index (χ1v) is 15.3. The monoisotopic (exact) mass is 568 g/mol. The Bertz CT molecular complexity index is 2730. The first-order chi connectivity index (χ1) is 22.2. The molecule has 0 saturated heterocycles. The maximum Gasteiger partial charge on any atom is 0.189 e. The molecule has 0 radical (unpaired) electrons. The average molecular weight is 569 g/mol. The highest BCUT2D eigenvalue weighted by molar-refractivity contribution is 6.26. The largest absolute Gasteiger partial charge is 0.310 e. The minimum absolute atomic E-state index is 0.661. The molecule has 10 aromatic rings. The summed E-state index contributed by atoms with van der Waals surface area (Å²) in [6.07, 6.45) is 0. The van der Waals surface area contributed by atoms with Gasteiger partial charge in [-0.2, -0.15) is 0 Å². The normalized spacial score (nSPS) is 12.0. The third-order valence-corrected chi connectivity index (χ3v) is 9.61. The molecule has 0 saturated carbocycles. The van der Waals surface area contributed by atoms with Crippen molar-refractivity contribution in [1.82, 2.24) is 4.57 Å². The lowest BCUT2D eigenvalue weighted by Gasteiger charge is -2.13. The SMILES string of the molecule is [C-]#[N+]c1cc2ccc3cc(-c4ccc(-c5cc6ccc7cccc8ccc(c5)c6c78)cc4)cc4c3c2c(c1)n4-c1ccccc1. The van der Waals surface area contributed by atoms with Gasteiger partial charge in [-0.25, -0.2) is 4.85 Å². The van der Waals surface area contributed by atoms with Gasteiger partial charge in [0.1, 0.15) is 0 Å². The summed E-state index contributed by atoms with van der Waals surface area (Å²) in [7, 11) is 0. The molecule has 0 N–H and O–H groups in total. The van der Waals surface area contributed by atoms with Crippen LogP contribution in [0.25, 0.3) is 97.7 Å². The van der Waals surface area contributed by atoms with E-state index in [1.807, 2.05) is 18.2 Å². The van der Waals surface area contributed by atoms with Gasteiger partial charge in [-0.1, -0.05) is 97.1 Å². The van der Waals surface area contributed by atoms with Gasteiger partial charge < -0.3 is 4.57 Å². The van der Waals surface area contributed by atoms with Crippen LogP contribution in [-0.2, 0) is 0 Å². The summed E-state index contributed by atoms with van der Waals surface area (Å²) >= 11 is 0. The lowest BCUT2D eigenvalue weighted by Crippen LogP contribution is -1.93. The van der Waals surface area contributed by atoms with Crippen LogP contribution in [0.15, 0.2) is 146 Å². The molecule has 0 aliphatic heterocycles. The van der Waals surface area contributed by atoms with Crippen LogP contribution in [0, 0.1) is 6.57 Å². The van der Waals surface area contributed by atoms with Gasteiger partial charge >= 0.3 is 0 Å². The van der Waals surface area contributed by atoms with Gasteiger partial charge in [-0.3, -0.25) is 0 Å². The van der Waals surface area contributed by atoms with E-state index < -0.39 is 0 Å². The van der Waals surface area contributed by atoms with E-state index >= 15 is 0 Å². The molecule has 10 rings (SSSR count). The topological polar surface area (TPSA) is 9.29 Å². The summed E-state index contributed by atoms with van der Waals surface area (Å²) < 4.78 is 2.32. The molecule has 0 fully saturated rings. The zero-order chi connectivity index (χ0) is 29.6. The van der Waals surface area contributed by atoms with Crippen LogP contribution < -0.4 is 0 Å². The van der Waals surface area contributed by atoms with Gasteiger partial charge in [0.25, 0.3) is 0 Å². The molecule has 0 bridgehead atoms. The van der Waals surface area contributed by atoms with E-state index in [1.165, 1.54) is 70.7 Å². The van der Waals surface area contributed by atoms with Crippen LogP contribution in [-0.4, -0.2) is 4.57 Å². The molecule has 0 spiro atoms. The summed E-state index contributed by atoms with van der Waals surface area (Å²) in [4.78, 5) is 3.80. The van der Waals surface area contributed by atoms with Crippen LogP contribution in [0.4, 0.5) is 5.69 Å². The van der Waals surface area contributed by atoms with E-state index in [9.17, 15) is 0 Å². The van der Waals surface area contributed by atoms with Gasteiger partial charge in [0.15, 0.2) is 5.69 Å². The molecule has 0 amide bonds. The maximum absolute atomic E-state index is 7.73. The molecular formula is C43H24N2. The van der Waals surface area contributed by atoms with E-state index in [1.54, 1.807) is 0 Å². The fourth-order valence-corrected chi connectivity index (χ4v) is 7.61. The van der Waals surface area contributed by atoms with Gasteiger partial charge in [0.2, 0.25) is 0 Å². The van der Waals surface area contributed by atoms with Crippen molar-refractivity contribution in [1.29, 1.82) is 0 Å². The zero-order valence-corrected chi connectivity index (χ0v) is 24.3. The quantitative estimate of drug-likeness (QED) is 0.148. The number of rotatable bonds is 3. The maximum atomic E-state index is 7.73. The van der Waals surface area contributed by atoms with Crippen molar-refractivity contribution in [2.75, 3.05) is 0 Å². The van der Waals surface area contributed by atoms with Crippen LogP contribution >= 0.6 is 0 Å². The van der Waals surface area contributed by atoms with Gasteiger partial charge in [-0.05, 0) is 114 Å². The number of hydrogen-bond acceptors (Lipinski definition) is 0. The van der Waals surface area contributed by atoms with Gasteiger partial charge in [0.05, 0.1) is 12.1 Å². The highest BCUT2D eigenvalue weighted by Gasteiger charge is 2.19. The summed E-state index contributed by atoms with van der Waals surface area (Å²) in [5.41, 5.74) is 8.79. The first-order valence-electron chi connectivity index (χ1n) is 15.3. The Hall–Kier alpha value is -6.17. The average Bonchev–Trinajstić information content (AvgIpc) is 3.44. The number of para-hydroxylation sites is 1. The summed E-state index contributed by atoms with van der Waals surface area (Å²) in [6.45, 7) is 7.73. The standard InChI is InChI=1S/C43H24N2/c1-44-36-23-33-19-18-32-22-35(24-38-42(32)43(33)39(25-36)45(38)37-8-3-2-4-9-37)27-12-10-26(11-13-27)34-20-30-16-14-28-6-5-7-29-15-17-31(21-34)41(30)40(28)29/h2-25H. The van der Waals surface area contributed by atoms with Crippen molar-refractivity contribution in [3.05, 3.63) is 157 Å². The Labute approximate surface area is 259 Å². The van der Waals surface area contributed by atoms with E-state index in [0.717, 1.165) is 22.1 Å². The predicted molar refractivity (Wildman–Crippen MR) is 190 cm³/mol. The number of benzene rings is 9. The van der Waals surface area contributed by atoms with Crippen LogP contribution in [0.2, 0.25) is 0 Å². The fourth-order valence-electron chi connectivity index (χ4n) is 7.61. The summed E-state index contributed by atoms with van der Waals surface area (Å²) in [5.74, 6) is 0. The third kappa shape index (κ3) is 3.44. The number of aromatic nitrogens is 1. The molecule has 1 heterocycles. The highest BCUT2D eigenvalue weighted by Crippen LogP contribution is 2.43. The molecule has 2 heteroatoms. The first kappa shape index (κ1) is 24.3. The Morgan fingerprint density at radius 2 is 0.867 bits per heavy atom. The second-order valence-electron chi connectivity index (χ2n) is 12.1. The van der Waals surface area contributed by atoms with Crippen molar-refractivity contribution >= 4 is 70.6 Å². The molecule has 0 atom stereocenters. The molecule has 2 nitrogen and oxygen atoms in total. The highest BCUT2D eigenvalue weighted by atomic mass is 15.0. The van der Waals surface area contributed by atoms with Crippen LogP contribution in [0.5, 0.6) is 0 Å². The molecule has 9 aromatic carbocycles. The van der Waals surface area contributed by atoms with Crippen LogP contribution in [0.1, 0.15) is 0 Å². The van der Waals surface area contributed by atoms with Gasteiger partial charge in [-0.15, -0.1) is 0 Å². The van der Waals surface area contributed by atoms with Crippen LogP contribution in [0.3, 0.4) is 0 Å². The van der Waals surface area contributed by atoms with E-state index in [2.05, 4.69) is 137 Å². The van der Waals surface area contributed by atoms with Crippen molar-refractivity contribution < 1.29 is 0 Å². The minimum Gasteiger partial charge on any atom is -0.310 e. The lowest BCUT2D eigenvalue weighted by molar-refractivity contribution is 1.18. The Morgan fingerprint density at radius 3 is 1.47 bits per heavy atom. The molecule has 206 valence electrons. The number of nitrogens with zero attached hydrogens (tertiary/aromatic N) is 2. The predicted octanol–water partition coefficient (Wildman–Crippen LogP) is 12.2. The second-order valence-corrected chi connectivity index (χ2v) is 12.1. The van der Waals surface area contributed by atoms with Crippen molar-refractivity contribution in [3.63, 3.8) is 0 Å². The Kier molecular flexibility index (Phi) is 4.82. The number of hydrogen-bond donors (Lipinski definition) is 0. The minimum atomic E-state index is 0.661. The fraction of sp³-hybridized carbons (Fsp3) is 0. The molecule has 0 unspecified atom stereocenters. The Morgan fingerprint density at radius 1 is 0.378 bits per heavy atom. The van der Waals surface area contributed by atoms with Crippen molar-refractivity contribution in [3.8, 4) is 27.9 Å². The van der Waals surface area contributed by atoms with E-state index in [-0.39, 0.29) is 0 Å². The summed E-state index contributed by atoms with van der Waals surface area (Å²) in [6, 6.07) is 52.7. The zero-order valence-electron chi connectivity index (χ0n) is 24.3. The van der Waals surface area contributed by atoms with Crippen molar-refractivity contribution in [2.45, 2.75) is 0 Å². The van der Waals surface area contributed by atoms with E-state index in [4.69, 9.17) is 6.57 Å². The molecule has 1 aromatic heterocycles. The smallest absolute Gasteiger partial charge is 0.189 e. The van der Waals surface area contributed by atoms with E-state index in [0.29, 0.717) is 5.69 Å². The third-order valence-electron chi connectivity index (χ3n) is 9.61. The van der Waals surface area contributed by atoms with Gasteiger partial charge in [0, 0.05) is 22.0 Å². The second kappa shape index (κ2) is 8.92. The summed E-state index contributed by atoms with van der Waals surface area (Å²) in [5, 5.41) is 12.6. The molecular weight excluding hydrogens is 544 g/mol. The van der Waals surface area contributed by atoms with Crippen molar-refractivity contribution in [2.24, 2.45) is 0 Å². The molecule has 0 aliphatic rings. The lowest BCUT2D eigenvalue weighted by atomic mass is 9.91. The molecule has 0 aliphatic carbocycles. The Balaban J connectivity index is 1.14. The molecule has 45 heavy (non-hydrogen) atoms.